The molecule has 2 aromatic rings. The minimum absolute atomic E-state index is 0.175. The van der Waals surface area contributed by atoms with Gasteiger partial charge in [-0.1, -0.05) is 0 Å². The van der Waals surface area contributed by atoms with Crippen LogP contribution in [0.1, 0.15) is 26.3 Å². The molecule has 116 valence electrons. The fraction of sp³-hybridized carbons (Fsp3) is 0.118. The molecule has 0 aromatic heterocycles. The molecule has 0 aliphatic heterocycles. The van der Waals surface area contributed by atoms with Gasteiger partial charge in [0.2, 0.25) is 0 Å². The summed E-state index contributed by atoms with van der Waals surface area (Å²) >= 11 is 0. The SMILES string of the molecule is COC(=O)c1ccc(OC(=O)c2ccc(C#N)cc2)c(OC)c1. The molecular formula is C17H13NO5. The zero-order valence-electron chi connectivity index (χ0n) is 12.5. The lowest BCUT2D eigenvalue weighted by atomic mass is 10.1. The number of esters is 2. The fourth-order valence-electron chi connectivity index (χ4n) is 1.84. The zero-order valence-corrected chi connectivity index (χ0v) is 12.5. The third kappa shape index (κ3) is 3.66. The number of ether oxygens (including phenoxy) is 3. The Hall–Kier alpha value is -3.33. The van der Waals surface area contributed by atoms with Crippen molar-refractivity contribution in [1.82, 2.24) is 0 Å². The number of nitrogens with zero attached hydrogens (tertiary/aromatic N) is 1. The Labute approximate surface area is 132 Å². The Balaban J connectivity index is 2.23. The van der Waals surface area contributed by atoms with Gasteiger partial charge < -0.3 is 14.2 Å². The first kappa shape index (κ1) is 16.0. The second kappa shape index (κ2) is 7.09. The van der Waals surface area contributed by atoms with Gasteiger partial charge in [0.25, 0.3) is 0 Å². The number of benzene rings is 2. The number of rotatable bonds is 4. The first-order valence-corrected chi connectivity index (χ1v) is 6.57. The predicted molar refractivity (Wildman–Crippen MR) is 80.4 cm³/mol. The number of hydrogen-bond donors (Lipinski definition) is 0. The van der Waals surface area contributed by atoms with E-state index in [4.69, 9.17) is 14.7 Å². The van der Waals surface area contributed by atoms with Gasteiger partial charge in [0.1, 0.15) is 0 Å². The van der Waals surface area contributed by atoms with E-state index in [2.05, 4.69) is 4.74 Å². The summed E-state index contributed by atoms with van der Waals surface area (Å²) < 4.78 is 15.0. The highest BCUT2D eigenvalue weighted by Gasteiger charge is 2.15. The van der Waals surface area contributed by atoms with Crippen LogP contribution >= 0.6 is 0 Å². The van der Waals surface area contributed by atoms with Crippen LogP contribution in [0.5, 0.6) is 11.5 Å². The molecule has 0 saturated heterocycles. The molecule has 23 heavy (non-hydrogen) atoms. The van der Waals surface area contributed by atoms with E-state index in [1.54, 1.807) is 0 Å². The van der Waals surface area contributed by atoms with Crippen LogP contribution in [0.25, 0.3) is 0 Å². The molecule has 0 spiro atoms. The normalized spacial score (nSPS) is 9.61. The highest BCUT2D eigenvalue weighted by atomic mass is 16.6. The molecule has 2 rings (SSSR count). The highest BCUT2D eigenvalue weighted by molar-refractivity contribution is 5.92. The smallest absolute Gasteiger partial charge is 0.343 e. The summed E-state index contributed by atoms with van der Waals surface area (Å²) in [6, 6.07) is 12.3. The molecule has 0 saturated carbocycles. The van der Waals surface area contributed by atoms with Gasteiger partial charge in [0, 0.05) is 0 Å². The second-order valence-corrected chi connectivity index (χ2v) is 4.44. The monoisotopic (exact) mass is 311 g/mol. The van der Waals surface area contributed by atoms with E-state index < -0.39 is 11.9 Å². The minimum Gasteiger partial charge on any atom is -0.493 e. The summed E-state index contributed by atoms with van der Waals surface area (Å²) in [5, 5.41) is 8.74. The largest absolute Gasteiger partial charge is 0.493 e. The van der Waals surface area contributed by atoms with Crippen LogP contribution in [0.4, 0.5) is 0 Å². The summed E-state index contributed by atoms with van der Waals surface area (Å²) in [5.41, 5.74) is 1.02. The number of hydrogen-bond acceptors (Lipinski definition) is 6. The van der Waals surface area contributed by atoms with Crippen molar-refractivity contribution < 1.29 is 23.8 Å². The van der Waals surface area contributed by atoms with Crippen molar-refractivity contribution in [3.05, 3.63) is 59.2 Å². The Kier molecular flexibility index (Phi) is 4.95. The summed E-state index contributed by atoms with van der Waals surface area (Å²) in [6.45, 7) is 0. The van der Waals surface area contributed by atoms with E-state index >= 15 is 0 Å². The topological polar surface area (TPSA) is 85.6 Å². The number of methoxy groups -OCH3 is 2. The van der Waals surface area contributed by atoms with Crippen LogP contribution in [0.15, 0.2) is 42.5 Å². The molecule has 0 amide bonds. The average Bonchev–Trinajstić information content (AvgIpc) is 2.61. The van der Waals surface area contributed by atoms with Crippen LogP contribution in [0, 0.1) is 11.3 Å². The molecule has 0 atom stereocenters. The lowest BCUT2D eigenvalue weighted by Gasteiger charge is -2.10. The van der Waals surface area contributed by atoms with Crippen molar-refractivity contribution >= 4 is 11.9 Å². The molecule has 6 nitrogen and oxygen atoms in total. The quantitative estimate of drug-likeness (QED) is 0.637. The van der Waals surface area contributed by atoms with Gasteiger partial charge in [-0.2, -0.15) is 5.26 Å². The van der Waals surface area contributed by atoms with Gasteiger partial charge >= 0.3 is 11.9 Å². The van der Waals surface area contributed by atoms with E-state index in [0.29, 0.717) is 11.1 Å². The maximum Gasteiger partial charge on any atom is 0.343 e. The zero-order chi connectivity index (χ0) is 16.8. The lowest BCUT2D eigenvalue weighted by Crippen LogP contribution is -2.10. The maximum atomic E-state index is 12.1. The first-order chi connectivity index (χ1) is 11.1. The molecule has 6 heteroatoms. The summed E-state index contributed by atoms with van der Waals surface area (Å²) in [4.78, 5) is 23.6. The lowest BCUT2D eigenvalue weighted by molar-refractivity contribution is 0.0600. The first-order valence-electron chi connectivity index (χ1n) is 6.57. The molecule has 0 fully saturated rings. The van der Waals surface area contributed by atoms with E-state index in [0.717, 1.165) is 0 Å². The van der Waals surface area contributed by atoms with Gasteiger partial charge in [-0.3, -0.25) is 0 Å². The van der Waals surface area contributed by atoms with Crippen molar-refractivity contribution in [2.45, 2.75) is 0 Å². The third-order valence-corrected chi connectivity index (χ3v) is 3.04. The highest BCUT2D eigenvalue weighted by Crippen LogP contribution is 2.29. The van der Waals surface area contributed by atoms with Crippen LogP contribution in [0.3, 0.4) is 0 Å². The summed E-state index contributed by atoms with van der Waals surface area (Å²) in [5.74, 6) is -0.712. The number of nitriles is 1. The molecule has 0 N–H and O–H groups in total. The molecule has 0 aliphatic rings. The molecule has 2 aromatic carbocycles. The van der Waals surface area contributed by atoms with Crippen molar-refractivity contribution in [3.8, 4) is 17.6 Å². The van der Waals surface area contributed by atoms with Crippen molar-refractivity contribution in [2.75, 3.05) is 14.2 Å². The fourth-order valence-corrected chi connectivity index (χ4v) is 1.84. The van der Waals surface area contributed by atoms with Crippen molar-refractivity contribution in [3.63, 3.8) is 0 Å². The molecule has 0 radical (unpaired) electrons. The summed E-state index contributed by atoms with van der Waals surface area (Å²) in [7, 11) is 2.67. The van der Waals surface area contributed by atoms with E-state index in [1.165, 1.54) is 56.7 Å². The molecule has 0 bridgehead atoms. The van der Waals surface area contributed by atoms with E-state index in [1.807, 2.05) is 6.07 Å². The Morgan fingerprint density at radius 2 is 1.57 bits per heavy atom. The van der Waals surface area contributed by atoms with E-state index in [-0.39, 0.29) is 17.1 Å². The van der Waals surface area contributed by atoms with Crippen molar-refractivity contribution in [1.29, 1.82) is 5.26 Å². The summed E-state index contributed by atoms with van der Waals surface area (Å²) in [6.07, 6.45) is 0. The molecular weight excluding hydrogens is 298 g/mol. The van der Waals surface area contributed by atoms with Crippen molar-refractivity contribution in [2.24, 2.45) is 0 Å². The molecule has 0 heterocycles. The Bertz CT molecular complexity index is 775. The predicted octanol–water partition coefficient (Wildman–Crippen LogP) is 2.57. The molecule has 0 aliphatic carbocycles. The molecule has 0 unspecified atom stereocenters. The van der Waals surface area contributed by atoms with Gasteiger partial charge in [0.15, 0.2) is 11.5 Å². The Morgan fingerprint density at radius 3 is 2.13 bits per heavy atom. The van der Waals surface area contributed by atoms with Crippen LogP contribution in [-0.4, -0.2) is 26.2 Å². The van der Waals surface area contributed by atoms with E-state index in [9.17, 15) is 9.59 Å². The van der Waals surface area contributed by atoms with Gasteiger partial charge in [-0.05, 0) is 42.5 Å². The average molecular weight is 311 g/mol. The third-order valence-electron chi connectivity index (χ3n) is 3.04. The van der Waals surface area contributed by atoms with Crippen LogP contribution in [-0.2, 0) is 4.74 Å². The minimum atomic E-state index is -0.599. The maximum absolute atomic E-state index is 12.1. The van der Waals surface area contributed by atoms with Gasteiger partial charge in [-0.15, -0.1) is 0 Å². The number of carbonyl (C=O) groups excluding carboxylic acids is 2. The van der Waals surface area contributed by atoms with Crippen LogP contribution in [0.2, 0.25) is 0 Å². The van der Waals surface area contributed by atoms with Gasteiger partial charge in [-0.25, -0.2) is 9.59 Å². The standard InChI is InChI=1S/C17H13NO5/c1-21-15-9-13(16(19)22-2)7-8-14(15)23-17(20)12-5-3-11(10-18)4-6-12/h3-9H,1-2H3. The Morgan fingerprint density at radius 1 is 0.913 bits per heavy atom. The van der Waals surface area contributed by atoms with Gasteiger partial charge in [0.05, 0.1) is 37.0 Å². The van der Waals surface area contributed by atoms with Crippen LogP contribution < -0.4 is 9.47 Å². The second-order valence-electron chi connectivity index (χ2n) is 4.44. The number of carbonyl (C=O) groups is 2.